The molecule has 0 amide bonds. The van der Waals surface area contributed by atoms with E-state index >= 15 is 0 Å². The van der Waals surface area contributed by atoms with Crippen LogP contribution in [0, 0.1) is 11.3 Å². The molecule has 7 aliphatic rings. The molecule has 2 atom stereocenters. The van der Waals surface area contributed by atoms with Gasteiger partial charge in [-0.2, -0.15) is 0 Å². The first-order valence-corrected chi connectivity index (χ1v) is 19.2. The Morgan fingerprint density at radius 1 is 0.436 bits per heavy atom. The summed E-state index contributed by atoms with van der Waals surface area (Å²) in [5, 5.41) is 0. The van der Waals surface area contributed by atoms with Gasteiger partial charge in [-0.15, -0.1) is 0 Å². The molecule has 272 valence electrons. The van der Waals surface area contributed by atoms with Crippen LogP contribution in [-0.4, -0.2) is 13.2 Å². The normalized spacial score (nSPS) is 22.6. The maximum absolute atomic E-state index is 7.11. The maximum atomic E-state index is 7.11. The molecule has 1 fully saturated rings. The van der Waals surface area contributed by atoms with E-state index in [0.29, 0.717) is 39.6 Å². The van der Waals surface area contributed by atoms with Gasteiger partial charge in [0.05, 0.1) is 30.0 Å². The number of hydrogen-bond donors (Lipinski definition) is 0. The highest BCUT2D eigenvalue weighted by Crippen LogP contribution is 2.66. The van der Waals surface area contributed by atoms with Gasteiger partial charge in [-0.1, -0.05) is 140 Å². The number of ether oxygens (including phenoxy) is 5. The Bertz CT molecular complexity index is 2280. The Balaban J connectivity index is 1.03. The summed E-state index contributed by atoms with van der Waals surface area (Å²) in [6, 6.07) is 54.9. The van der Waals surface area contributed by atoms with Gasteiger partial charge in [0.15, 0.2) is 0 Å². The highest BCUT2D eigenvalue weighted by atomic mass is 16.5. The van der Waals surface area contributed by atoms with Crippen LogP contribution in [0.3, 0.4) is 0 Å². The van der Waals surface area contributed by atoms with Crippen molar-refractivity contribution in [2.75, 3.05) is 13.2 Å². The van der Waals surface area contributed by atoms with E-state index in [-0.39, 0.29) is 11.8 Å². The first-order valence-electron chi connectivity index (χ1n) is 19.2. The minimum atomic E-state index is -0.521. The Hall–Kier alpha value is -6.04. The summed E-state index contributed by atoms with van der Waals surface area (Å²) < 4.78 is 33.4. The highest BCUT2D eigenvalue weighted by molar-refractivity contribution is 5.65. The van der Waals surface area contributed by atoms with Crippen molar-refractivity contribution < 1.29 is 23.7 Å². The lowest BCUT2D eigenvalue weighted by molar-refractivity contribution is 0.0925. The molecule has 6 aromatic rings. The lowest BCUT2D eigenvalue weighted by atomic mass is 9.48. The second kappa shape index (κ2) is 14.0. The molecule has 5 heteroatoms. The van der Waals surface area contributed by atoms with Crippen molar-refractivity contribution in [3.63, 3.8) is 0 Å². The second-order valence-electron chi connectivity index (χ2n) is 15.1. The van der Waals surface area contributed by atoms with E-state index in [0.717, 1.165) is 45.3 Å². The topological polar surface area (TPSA) is 46.2 Å². The number of benzene rings is 6. The summed E-state index contributed by atoms with van der Waals surface area (Å²) in [6.45, 7) is 2.81. The largest absolute Gasteiger partial charge is 0.493 e. The van der Waals surface area contributed by atoms with E-state index in [2.05, 4.69) is 121 Å². The van der Waals surface area contributed by atoms with Gasteiger partial charge in [0.2, 0.25) is 0 Å². The number of rotatable bonds is 12. The Morgan fingerprint density at radius 2 is 0.873 bits per heavy atom. The van der Waals surface area contributed by atoms with E-state index in [1.54, 1.807) is 0 Å². The van der Waals surface area contributed by atoms with Crippen LogP contribution in [0.15, 0.2) is 181 Å². The zero-order valence-corrected chi connectivity index (χ0v) is 30.6. The molecule has 1 aliphatic heterocycles. The van der Waals surface area contributed by atoms with Gasteiger partial charge in [0, 0.05) is 12.0 Å². The van der Waals surface area contributed by atoms with Gasteiger partial charge in [-0.25, -0.2) is 0 Å². The Morgan fingerprint density at radius 3 is 1.38 bits per heavy atom. The van der Waals surface area contributed by atoms with Crippen molar-refractivity contribution >= 4 is 0 Å². The molecule has 1 saturated heterocycles. The Labute approximate surface area is 322 Å². The van der Waals surface area contributed by atoms with E-state index in [9.17, 15) is 0 Å². The standard InChI is InChI=1S/C50H42O5/c1-4-14-35(15-5-1)29-52-39-24-38(25-40(26-39)53-30-36-16-6-2-7-17-36)32-55-46-28-49-27-45(54-31-37-18-8-3-9-19-37)48(46)47-41-20-10-12-22-43(41)50(49,34-51-33-49)44-23-13-11-21-42(44)47/h1-28,47-48H,29-34H2/t47?,48-,49+,50?/m1/s1. The van der Waals surface area contributed by atoms with Crippen molar-refractivity contribution in [1.29, 1.82) is 0 Å². The average Bonchev–Trinajstić information content (AvgIpc) is 3.56. The van der Waals surface area contributed by atoms with Gasteiger partial charge < -0.3 is 23.7 Å². The summed E-state index contributed by atoms with van der Waals surface area (Å²) in [4.78, 5) is 0. The van der Waals surface area contributed by atoms with Crippen LogP contribution in [0.25, 0.3) is 0 Å². The summed E-state index contributed by atoms with van der Waals surface area (Å²) >= 11 is 0. The minimum Gasteiger partial charge on any atom is -0.493 e. The zero-order chi connectivity index (χ0) is 36.7. The molecule has 13 rings (SSSR count). The SMILES string of the molecule is C1=C(OCc2ccccc2)[C@@H]2C(OCc3cc(OCc4ccccc4)cc(OCc4ccccc4)c3)=C[C@]13COCC31c3ccccc3C2c2ccccc21. The van der Waals surface area contributed by atoms with Crippen molar-refractivity contribution in [3.05, 3.63) is 226 Å². The smallest absolute Gasteiger partial charge is 0.123 e. The summed E-state index contributed by atoms with van der Waals surface area (Å²) in [5.41, 5.74) is 8.67. The van der Waals surface area contributed by atoms with Crippen molar-refractivity contribution in [3.8, 4) is 11.5 Å². The second-order valence-corrected chi connectivity index (χ2v) is 15.1. The molecule has 6 aliphatic carbocycles. The third-order valence-electron chi connectivity index (χ3n) is 11.8. The van der Waals surface area contributed by atoms with Crippen molar-refractivity contribution in [2.45, 2.75) is 37.8 Å². The molecule has 4 bridgehead atoms. The van der Waals surface area contributed by atoms with Crippen LogP contribution in [0.2, 0.25) is 0 Å². The fourth-order valence-electron chi connectivity index (χ4n) is 9.33. The van der Waals surface area contributed by atoms with Gasteiger partial charge >= 0.3 is 0 Å². The number of hydrogen-bond acceptors (Lipinski definition) is 5. The third-order valence-corrected chi connectivity index (χ3v) is 11.8. The van der Waals surface area contributed by atoms with Crippen molar-refractivity contribution in [1.82, 2.24) is 0 Å². The van der Waals surface area contributed by atoms with Gasteiger partial charge in [0.25, 0.3) is 0 Å². The van der Waals surface area contributed by atoms with Crippen molar-refractivity contribution in [2.24, 2.45) is 11.3 Å². The third kappa shape index (κ3) is 5.91. The summed E-state index contributed by atoms with van der Waals surface area (Å²) in [5.74, 6) is 3.14. The average molecular weight is 723 g/mol. The van der Waals surface area contributed by atoms with Crippen LogP contribution in [0.1, 0.15) is 50.4 Å². The Kier molecular flexibility index (Phi) is 8.52. The lowest BCUT2D eigenvalue weighted by Gasteiger charge is -2.54. The zero-order valence-electron chi connectivity index (χ0n) is 30.6. The first kappa shape index (κ1) is 33.5. The van der Waals surface area contributed by atoms with Gasteiger partial charge in [0.1, 0.15) is 49.4 Å². The molecule has 2 spiro atoms. The molecule has 6 aromatic carbocycles. The van der Waals surface area contributed by atoms with Crippen LogP contribution in [0.5, 0.6) is 11.5 Å². The van der Waals surface area contributed by atoms with Gasteiger partial charge in [-0.3, -0.25) is 0 Å². The monoisotopic (exact) mass is 722 g/mol. The fraction of sp³-hybridized carbons (Fsp3) is 0.200. The van der Waals surface area contributed by atoms with Crippen LogP contribution >= 0.6 is 0 Å². The van der Waals surface area contributed by atoms with E-state index in [1.807, 2.05) is 48.5 Å². The van der Waals surface area contributed by atoms with Crippen LogP contribution in [-0.2, 0) is 46.1 Å². The molecule has 0 radical (unpaired) electrons. The molecule has 0 unspecified atom stereocenters. The quantitative estimate of drug-likeness (QED) is 0.126. The molecule has 1 heterocycles. The van der Waals surface area contributed by atoms with Gasteiger partial charge in [-0.05, 0) is 68.8 Å². The molecule has 55 heavy (non-hydrogen) atoms. The summed E-state index contributed by atoms with van der Waals surface area (Å²) in [7, 11) is 0. The minimum absolute atomic E-state index is 0.00416. The summed E-state index contributed by atoms with van der Waals surface area (Å²) in [6.07, 6.45) is 4.76. The van der Waals surface area contributed by atoms with E-state index in [1.165, 1.54) is 22.3 Å². The fourth-order valence-corrected chi connectivity index (χ4v) is 9.33. The first-order chi connectivity index (χ1) is 27.2. The molecular weight excluding hydrogens is 681 g/mol. The van der Waals surface area contributed by atoms with Crippen LogP contribution < -0.4 is 9.47 Å². The molecule has 5 nitrogen and oxygen atoms in total. The predicted molar refractivity (Wildman–Crippen MR) is 212 cm³/mol. The van der Waals surface area contributed by atoms with Crippen LogP contribution in [0.4, 0.5) is 0 Å². The van der Waals surface area contributed by atoms with E-state index in [4.69, 9.17) is 23.7 Å². The maximum Gasteiger partial charge on any atom is 0.123 e. The molecule has 0 saturated carbocycles. The van der Waals surface area contributed by atoms with E-state index < -0.39 is 10.8 Å². The highest BCUT2D eigenvalue weighted by Gasteiger charge is 2.64. The molecule has 0 aromatic heterocycles. The molecule has 0 N–H and O–H groups in total. The predicted octanol–water partition coefficient (Wildman–Crippen LogP) is 10.4. The lowest BCUT2D eigenvalue weighted by Crippen LogP contribution is -2.52. The molecular formula is C50H42O5.